The molecule has 0 bridgehead atoms. The van der Waals surface area contributed by atoms with Gasteiger partial charge in [0.05, 0.1) is 0 Å². The van der Waals surface area contributed by atoms with Crippen LogP contribution in [-0.2, 0) is 28.6 Å². The highest BCUT2D eigenvalue weighted by molar-refractivity contribution is 5.71. The van der Waals surface area contributed by atoms with Gasteiger partial charge in [-0.25, -0.2) is 0 Å². The van der Waals surface area contributed by atoms with Crippen LogP contribution < -0.4 is 0 Å². The first-order chi connectivity index (χ1) is 34.0. The first-order valence-electron chi connectivity index (χ1n) is 27.3. The van der Waals surface area contributed by atoms with Crippen LogP contribution in [0, 0.1) is 0 Å². The molecule has 1 atom stereocenters. The Kier molecular flexibility index (Phi) is 52.1. The molecule has 0 N–H and O–H groups in total. The van der Waals surface area contributed by atoms with E-state index in [-0.39, 0.29) is 31.6 Å². The monoisotopic (exact) mass is 951 g/mol. The molecule has 0 saturated carbocycles. The van der Waals surface area contributed by atoms with Gasteiger partial charge in [0.15, 0.2) is 6.10 Å². The van der Waals surface area contributed by atoms with Crippen LogP contribution >= 0.6 is 0 Å². The quantitative estimate of drug-likeness (QED) is 0.0262. The van der Waals surface area contributed by atoms with Gasteiger partial charge in [0.1, 0.15) is 13.2 Å². The maximum absolute atomic E-state index is 12.7. The largest absolute Gasteiger partial charge is 0.462 e. The summed E-state index contributed by atoms with van der Waals surface area (Å²) < 4.78 is 16.6. The van der Waals surface area contributed by atoms with Crippen molar-refractivity contribution in [2.45, 2.75) is 219 Å². The van der Waals surface area contributed by atoms with E-state index in [2.05, 4.69) is 154 Å². The summed E-state index contributed by atoms with van der Waals surface area (Å²) in [4.78, 5) is 37.6. The zero-order valence-corrected chi connectivity index (χ0v) is 44.0. The minimum atomic E-state index is -0.820. The Labute approximate surface area is 423 Å². The topological polar surface area (TPSA) is 78.9 Å². The Balaban J connectivity index is 4.12. The van der Waals surface area contributed by atoms with Gasteiger partial charge in [-0.2, -0.15) is 0 Å². The van der Waals surface area contributed by atoms with E-state index in [1.54, 1.807) is 0 Å². The number of esters is 3. The number of hydrogen-bond acceptors (Lipinski definition) is 6. The highest BCUT2D eigenvalue weighted by atomic mass is 16.6. The predicted octanol–water partition coefficient (Wildman–Crippen LogP) is 18.4. The fourth-order valence-electron chi connectivity index (χ4n) is 6.82. The molecule has 0 heterocycles. The Morgan fingerprint density at radius 2 is 0.594 bits per heavy atom. The second-order valence-corrected chi connectivity index (χ2v) is 17.4. The average molecular weight is 951 g/mol. The number of allylic oxidation sites excluding steroid dienone is 24. The van der Waals surface area contributed by atoms with Crippen LogP contribution in [0.3, 0.4) is 0 Å². The summed E-state index contributed by atoms with van der Waals surface area (Å²) in [5.41, 5.74) is 0. The molecule has 1 unspecified atom stereocenters. The van der Waals surface area contributed by atoms with Crippen molar-refractivity contribution < 1.29 is 28.6 Å². The van der Waals surface area contributed by atoms with Crippen LogP contribution in [0.4, 0.5) is 0 Å². The lowest BCUT2D eigenvalue weighted by atomic mass is 10.1. The number of hydrogen-bond donors (Lipinski definition) is 0. The van der Waals surface area contributed by atoms with Crippen molar-refractivity contribution >= 4 is 17.9 Å². The first-order valence-corrected chi connectivity index (χ1v) is 27.3. The third-order valence-corrected chi connectivity index (χ3v) is 10.9. The molecule has 0 amide bonds. The standard InChI is InChI=1S/C63H98O6/c1-4-7-10-13-15-17-19-21-22-23-24-25-26-27-28-29-30-31-32-33-34-35-36-37-38-39-40-42-43-45-47-50-53-56-62(65)68-59-60(58-67-61(64)55-52-49-12-9-6-3)69-63(66)57-54-51-48-46-44-41-20-18-16-14-11-8-5-2/h7-8,10-11,15-18,21-22,24-25,27-28,30-31,33-34,36-37,41,44,48,51,60H,4-6,9,12-14,19-20,23,26,29,32,35,38-40,42-43,45-47,49-50,52-59H2,1-3H3/b10-7-,11-8-,17-15-,18-16-,22-21-,25-24-,28-27-,31-30-,34-33-,37-36-,44-41-,51-48-. The summed E-state index contributed by atoms with van der Waals surface area (Å²) in [6, 6.07) is 0. The molecule has 0 fully saturated rings. The molecule has 0 rings (SSSR count). The maximum Gasteiger partial charge on any atom is 0.306 e. The number of rotatable bonds is 47. The number of unbranched alkanes of at least 4 members (excludes halogenated alkanes) is 12. The second kappa shape index (κ2) is 55.9. The Bertz CT molecular complexity index is 1560. The molecular formula is C63H98O6. The number of ether oxygens (including phenoxy) is 3. The van der Waals surface area contributed by atoms with E-state index in [1.807, 2.05) is 12.2 Å². The zero-order chi connectivity index (χ0) is 50.0. The van der Waals surface area contributed by atoms with Crippen molar-refractivity contribution in [1.29, 1.82) is 0 Å². The van der Waals surface area contributed by atoms with Crippen LogP contribution in [-0.4, -0.2) is 37.2 Å². The van der Waals surface area contributed by atoms with Gasteiger partial charge in [-0.3, -0.25) is 14.4 Å². The molecule has 0 radical (unpaired) electrons. The summed E-state index contributed by atoms with van der Waals surface area (Å²) in [7, 11) is 0. The summed E-state index contributed by atoms with van der Waals surface area (Å²) >= 11 is 0. The summed E-state index contributed by atoms with van der Waals surface area (Å²) in [5, 5.41) is 0. The zero-order valence-electron chi connectivity index (χ0n) is 44.0. The summed E-state index contributed by atoms with van der Waals surface area (Å²) in [5.74, 6) is -1.03. The van der Waals surface area contributed by atoms with Gasteiger partial charge < -0.3 is 14.2 Å². The Morgan fingerprint density at radius 1 is 0.304 bits per heavy atom. The second-order valence-electron chi connectivity index (χ2n) is 17.4. The van der Waals surface area contributed by atoms with Crippen LogP contribution in [0.25, 0.3) is 0 Å². The Morgan fingerprint density at radius 3 is 0.942 bits per heavy atom. The molecule has 6 heteroatoms. The van der Waals surface area contributed by atoms with Crippen molar-refractivity contribution in [3.8, 4) is 0 Å². The molecule has 0 aliphatic carbocycles. The molecular weight excluding hydrogens is 853 g/mol. The molecule has 0 aromatic rings. The third kappa shape index (κ3) is 54.1. The molecule has 0 saturated heterocycles. The van der Waals surface area contributed by atoms with Crippen LogP contribution in [0.5, 0.6) is 0 Å². The lowest BCUT2D eigenvalue weighted by Crippen LogP contribution is -2.30. The average Bonchev–Trinajstić information content (AvgIpc) is 3.35. The molecule has 0 aliphatic heterocycles. The van der Waals surface area contributed by atoms with E-state index in [9.17, 15) is 14.4 Å². The summed E-state index contributed by atoms with van der Waals surface area (Å²) in [6.07, 6.45) is 80.5. The fraction of sp³-hybridized carbons (Fsp3) is 0.571. The predicted molar refractivity (Wildman–Crippen MR) is 297 cm³/mol. The van der Waals surface area contributed by atoms with Crippen LogP contribution in [0.15, 0.2) is 146 Å². The highest BCUT2D eigenvalue weighted by Gasteiger charge is 2.19. The fourth-order valence-corrected chi connectivity index (χ4v) is 6.82. The molecule has 0 aromatic heterocycles. The molecule has 0 aliphatic rings. The highest BCUT2D eigenvalue weighted by Crippen LogP contribution is 2.13. The van der Waals surface area contributed by atoms with Crippen molar-refractivity contribution in [2.75, 3.05) is 13.2 Å². The van der Waals surface area contributed by atoms with E-state index in [1.165, 1.54) is 32.1 Å². The minimum absolute atomic E-state index is 0.114. The normalized spacial score (nSPS) is 13.3. The molecule has 6 nitrogen and oxygen atoms in total. The minimum Gasteiger partial charge on any atom is -0.462 e. The van der Waals surface area contributed by atoms with Crippen molar-refractivity contribution in [3.05, 3.63) is 146 Å². The van der Waals surface area contributed by atoms with E-state index in [0.717, 1.165) is 135 Å². The van der Waals surface area contributed by atoms with Gasteiger partial charge in [-0.1, -0.05) is 231 Å². The number of carbonyl (C=O) groups is 3. The molecule has 69 heavy (non-hydrogen) atoms. The van der Waals surface area contributed by atoms with E-state index in [4.69, 9.17) is 14.2 Å². The van der Waals surface area contributed by atoms with E-state index < -0.39 is 12.1 Å². The molecule has 0 spiro atoms. The molecule has 386 valence electrons. The van der Waals surface area contributed by atoms with E-state index >= 15 is 0 Å². The lowest BCUT2D eigenvalue weighted by molar-refractivity contribution is -0.166. The SMILES string of the molecule is CC/C=C\C/C=C\C/C=C\C/C=C\C/C=C\C/C=C\C/C=C\C/C=C\CCCCCCCCCCC(=O)OCC(COC(=O)CCCCCCC)OC(=O)CC/C=C\C/C=C\C/C=C\C/C=C\CC. The number of carbonyl (C=O) groups excluding carboxylic acids is 3. The third-order valence-electron chi connectivity index (χ3n) is 10.9. The summed E-state index contributed by atoms with van der Waals surface area (Å²) in [6.45, 7) is 6.22. The van der Waals surface area contributed by atoms with Crippen LogP contribution in [0.1, 0.15) is 213 Å². The lowest BCUT2D eigenvalue weighted by Gasteiger charge is -2.18. The van der Waals surface area contributed by atoms with Gasteiger partial charge in [-0.15, -0.1) is 0 Å². The van der Waals surface area contributed by atoms with Gasteiger partial charge in [0, 0.05) is 19.3 Å². The van der Waals surface area contributed by atoms with Crippen molar-refractivity contribution in [3.63, 3.8) is 0 Å². The van der Waals surface area contributed by atoms with E-state index in [0.29, 0.717) is 19.3 Å². The van der Waals surface area contributed by atoms with Gasteiger partial charge in [-0.05, 0) is 109 Å². The van der Waals surface area contributed by atoms with Gasteiger partial charge in [0.2, 0.25) is 0 Å². The van der Waals surface area contributed by atoms with Gasteiger partial charge >= 0.3 is 17.9 Å². The van der Waals surface area contributed by atoms with Gasteiger partial charge in [0.25, 0.3) is 0 Å². The Hall–Kier alpha value is -4.71. The molecule has 0 aromatic carbocycles. The smallest absolute Gasteiger partial charge is 0.306 e. The van der Waals surface area contributed by atoms with Crippen molar-refractivity contribution in [1.82, 2.24) is 0 Å². The maximum atomic E-state index is 12.7. The van der Waals surface area contributed by atoms with Crippen molar-refractivity contribution in [2.24, 2.45) is 0 Å². The first kappa shape index (κ1) is 64.3. The van der Waals surface area contributed by atoms with Crippen LogP contribution in [0.2, 0.25) is 0 Å².